The smallest absolute Gasteiger partial charge is 0.238 e. The van der Waals surface area contributed by atoms with Gasteiger partial charge in [-0.3, -0.25) is 14.5 Å². The van der Waals surface area contributed by atoms with Gasteiger partial charge in [0, 0.05) is 61.8 Å². The summed E-state index contributed by atoms with van der Waals surface area (Å²) in [4.78, 5) is 33.9. The van der Waals surface area contributed by atoms with Gasteiger partial charge in [-0.25, -0.2) is 23.4 Å². The Morgan fingerprint density at radius 3 is 2.75 bits per heavy atom. The van der Waals surface area contributed by atoms with Crippen molar-refractivity contribution >= 4 is 27.4 Å². The molecule has 36 heavy (non-hydrogen) atoms. The van der Waals surface area contributed by atoms with E-state index in [-0.39, 0.29) is 6.04 Å². The maximum atomic E-state index is 14.6. The zero-order valence-corrected chi connectivity index (χ0v) is 20.7. The van der Waals surface area contributed by atoms with Crippen LogP contribution in [-0.2, 0) is 21.2 Å². The van der Waals surface area contributed by atoms with Crippen molar-refractivity contribution in [2.45, 2.75) is 25.8 Å². The van der Waals surface area contributed by atoms with Crippen LogP contribution in [0.5, 0.6) is 0 Å². The molecule has 5 rings (SSSR count). The van der Waals surface area contributed by atoms with Crippen molar-refractivity contribution in [1.29, 1.82) is 0 Å². The highest BCUT2D eigenvalue weighted by Gasteiger charge is 2.32. The molecule has 188 valence electrons. The number of hydrogen-bond donors (Lipinski definition) is 1. The molecule has 2 aliphatic rings. The SMILES string of the molecule is CC1c2cnc(-c3ccccn3)nc2CCN1c1cc(N2CC[C@H](C(=O)NS(C)(=O)=O)C2)cc(F)n1. The number of aromatic nitrogens is 4. The van der Waals surface area contributed by atoms with E-state index in [1.54, 1.807) is 12.4 Å². The summed E-state index contributed by atoms with van der Waals surface area (Å²) in [7, 11) is -3.63. The Hall–Kier alpha value is -3.67. The first-order valence-electron chi connectivity index (χ1n) is 11.7. The van der Waals surface area contributed by atoms with E-state index in [1.165, 1.54) is 6.07 Å². The van der Waals surface area contributed by atoms with Gasteiger partial charge in [-0.15, -0.1) is 0 Å². The van der Waals surface area contributed by atoms with E-state index < -0.39 is 27.8 Å². The average Bonchev–Trinajstić information content (AvgIpc) is 3.34. The lowest BCUT2D eigenvalue weighted by Gasteiger charge is -2.36. The van der Waals surface area contributed by atoms with Gasteiger partial charge < -0.3 is 9.80 Å². The molecule has 3 aromatic heterocycles. The average molecular weight is 512 g/mol. The molecule has 0 spiro atoms. The van der Waals surface area contributed by atoms with Gasteiger partial charge in [0.1, 0.15) is 11.5 Å². The van der Waals surface area contributed by atoms with Gasteiger partial charge in [0.15, 0.2) is 5.82 Å². The molecule has 1 fully saturated rings. The zero-order chi connectivity index (χ0) is 25.4. The second-order valence-corrected chi connectivity index (χ2v) is 10.9. The fraction of sp³-hybridized carbons (Fsp3) is 0.375. The Labute approximate surface area is 208 Å². The van der Waals surface area contributed by atoms with E-state index in [2.05, 4.69) is 15.0 Å². The van der Waals surface area contributed by atoms with E-state index >= 15 is 0 Å². The monoisotopic (exact) mass is 511 g/mol. The molecular formula is C24H26FN7O3S. The van der Waals surface area contributed by atoms with Crippen LogP contribution in [0.4, 0.5) is 15.9 Å². The van der Waals surface area contributed by atoms with Crippen LogP contribution in [0.15, 0.2) is 42.7 Å². The van der Waals surface area contributed by atoms with Crippen LogP contribution in [0.3, 0.4) is 0 Å². The van der Waals surface area contributed by atoms with E-state index in [0.29, 0.717) is 55.5 Å². The van der Waals surface area contributed by atoms with Crippen molar-refractivity contribution < 1.29 is 17.6 Å². The van der Waals surface area contributed by atoms with Crippen molar-refractivity contribution in [2.24, 2.45) is 5.92 Å². The minimum Gasteiger partial charge on any atom is -0.370 e. The second-order valence-electron chi connectivity index (χ2n) is 9.11. The minimum atomic E-state index is -3.63. The van der Waals surface area contributed by atoms with E-state index in [0.717, 1.165) is 17.5 Å². The van der Waals surface area contributed by atoms with Crippen molar-refractivity contribution in [3.63, 3.8) is 0 Å². The highest BCUT2D eigenvalue weighted by atomic mass is 32.2. The van der Waals surface area contributed by atoms with Crippen LogP contribution in [0.2, 0.25) is 0 Å². The number of pyridine rings is 2. The molecule has 0 bridgehead atoms. The van der Waals surface area contributed by atoms with Gasteiger partial charge in [0.05, 0.1) is 23.9 Å². The molecule has 1 amide bonds. The first-order chi connectivity index (χ1) is 17.2. The van der Waals surface area contributed by atoms with Crippen LogP contribution in [-0.4, -0.2) is 60.2 Å². The predicted octanol–water partition coefficient (Wildman–Crippen LogP) is 2.10. The van der Waals surface area contributed by atoms with Crippen molar-refractivity contribution in [2.75, 3.05) is 35.7 Å². The maximum Gasteiger partial charge on any atom is 0.238 e. The molecule has 3 aromatic rings. The third kappa shape index (κ3) is 4.99. The minimum absolute atomic E-state index is 0.124. The van der Waals surface area contributed by atoms with Gasteiger partial charge in [-0.05, 0) is 25.5 Å². The van der Waals surface area contributed by atoms with Crippen LogP contribution < -0.4 is 14.5 Å². The molecule has 1 saturated heterocycles. The third-order valence-corrected chi connectivity index (χ3v) is 7.14. The topological polar surface area (TPSA) is 121 Å². The molecule has 0 aliphatic carbocycles. The molecule has 12 heteroatoms. The molecule has 2 atom stereocenters. The molecule has 1 unspecified atom stereocenters. The van der Waals surface area contributed by atoms with Crippen molar-refractivity contribution in [3.05, 3.63) is 59.9 Å². The van der Waals surface area contributed by atoms with E-state index in [4.69, 9.17) is 4.98 Å². The molecule has 0 aromatic carbocycles. The number of sulfonamides is 1. The first kappa shape index (κ1) is 24.0. The molecule has 0 radical (unpaired) electrons. The van der Waals surface area contributed by atoms with Crippen molar-refractivity contribution in [1.82, 2.24) is 24.7 Å². The quantitative estimate of drug-likeness (QED) is 0.513. The molecule has 1 N–H and O–H groups in total. The van der Waals surface area contributed by atoms with E-state index in [9.17, 15) is 17.6 Å². The summed E-state index contributed by atoms with van der Waals surface area (Å²) in [5.74, 6) is -0.594. The van der Waals surface area contributed by atoms with Crippen LogP contribution in [0.1, 0.15) is 30.6 Å². The molecular weight excluding hydrogens is 485 g/mol. The summed E-state index contributed by atoms with van der Waals surface area (Å²) in [6.07, 6.45) is 5.58. The zero-order valence-electron chi connectivity index (χ0n) is 19.9. The lowest BCUT2D eigenvalue weighted by molar-refractivity contribution is -0.122. The Bertz CT molecular complexity index is 1400. The number of amides is 1. The Kier molecular flexibility index (Phi) is 6.29. The van der Waals surface area contributed by atoms with Crippen LogP contribution >= 0.6 is 0 Å². The van der Waals surface area contributed by atoms with Gasteiger partial charge in [-0.2, -0.15) is 4.39 Å². The van der Waals surface area contributed by atoms with Gasteiger partial charge in [0.25, 0.3) is 0 Å². The third-order valence-electron chi connectivity index (χ3n) is 6.57. The molecule has 5 heterocycles. The summed E-state index contributed by atoms with van der Waals surface area (Å²) in [5, 5.41) is 0. The Balaban J connectivity index is 1.35. The number of carbonyl (C=O) groups excluding carboxylic acids is 1. The summed E-state index contributed by atoms with van der Waals surface area (Å²) >= 11 is 0. The number of nitrogens with one attached hydrogen (secondary N) is 1. The lowest BCUT2D eigenvalue weighted by Crippen LogP contribution is -2.36. The highest BCUT2D eigenvalue weighted by molar-refractivity contribution is 7.89. The number of nitrogens with zero attached hydrogens (tertiary/aromatic N) is 6. The maximum absolute atomic E-state index is 14.6. The number of anilines is 2. The Morgan fingerprint density at radius 1 is 1.17 bits per heavy atom. The summed E-state index contributed by atoms with van der Waals surface area (Å²) in [5.41, 5.74) is 3.20. The van der Waals surface area contributed by atoms with Crippen LogP contribution in [0, 0.1) is 11.9 Å². The molecule has 2 aliphatic heterocycles. The predicted molar refractivity (Wildman–Crippen MR) is 132 cm³/mol. The second kappa shape index (κ2) is 9.41. The number of hydrogen-bond acceptors (Lipinski definition) is 9. The molecule has 0 saturated carbocycles. The van der Waals surface area contributed by atoms with Crippen molar-refractivity contribution in [3.8, 4) is 11.5 Å². The standard InChI is InChI=1S/C24H26FN7O3S/c1-15-18-13-27-23(20-5-3-4-8-26-20)28-19(18)7-10-32(15)22-12-17(11-21(25)29-22)31-9-6-16(14-31)24(33)30-36(2,34)35/h3-5,8,11-13,15-16H,6-7,9-10,14H2,1-2H3,(H,30,33)/t15?,16-/m0/s1. The van der Waals surface area contributed by atoms with Gasteiger partial charge >= 0.3 is 0 Å². The van der Waals surface area contributed by atoms with Gasteiger partial charge in [0.2, 0.25) is 21.9 Å². The largest absolute Gasteiger partial charge is 0.370 e. The van der Waals surface area contributed by atoms with Gasteiger partial charge in [-0.1, -0.05) is 6.07 Å². The lowest BCUT2D eigenvalue weighted by atomic mass is 9.99. The number of rotatable bonds is 5. The summed E-state index contributed by atoms with van der Waals surface area (Å²) < 4.78 is 39.5. The highest BCUT2D eigenvalue weighted by Crippen LogP contribution is 2.35. The van der Waals surface area contributed by atoms with E-state index in [1.807, 2.05) is 45.7 Å². The number of carbonyl (C=O) groups is 1. The summed E-state index contributed by atoms with van der Waals surface area (Å²) in [6, 6.07) is 8.63. The normalized spacial score (nSPS) is 19.8. The first-order valence-corrected chi connectivity index (χ1v) is 13.5. The Morgan fingerprint density at radius 2 is 2.00 bits per heavy atom. The molecule has 10 nitrogen and oxygen atoms in total. The fourth-order valence-electron chi connectivity index (χ4n) is 4.77. The number of halogens is 1. The summed E-state index contributed by atoms with van der Waals surface area (Å²) in [6.45, 7) is 3.41. The fourth-order valence-corrected chi connectivity index (χ4v) is 5.30. The number of fused-ring (bicyclic) bond motifs is 1. The van der Waals surface area contributed by atoms with Crippen LogP contribution in [0.25, 0.3) is 11.5 Å².